The third-order valence-corrected chi connectivity index (χ3v) is 11.3. The van der Waals surface area contributed by atoms with Gasteiger partial charge in [0.15, 0.2) is 6.20 Å². The molecule has 0 aliphatic carbocycles. The zero-order chi connectivity index (χ0) is 19.1. The number of pyridine rings is 1. The number of aryl methyl sites for hydroxylation is 2. The van der Waals surface area contributed by atoms with Gasteiger partial charge in [-0.15, -0.1) is 17.7 Å². The molecule has 148 valence electrons. The average Bonchev–Trinajstić information content (AvgIpc) is 3.19. The molecule has 0 amide bonds. The zero-order valence-corrected chi connectivity index (χ0v) is 21.6. The molecule has 3 aromatic rings. The molecule has 0 saturated carbocycles. The van der Waals surface area contributed by atoms with Gasteiger partial charge in [0.05, 0.1) is 0 Å². The maximum Gasteiger partial charge on any atom is 0.163 e. The van der Waals surface area contributed by atoms with E-state index >= 15 is 0 Å². The zero-order valence-electron chi connectivity index (χ0n) is 17.8. The first-order valence-electron chi connectivity index (χ1n) is 10.2. The van der Waals surface area contributed by atoms with Gasteiger partial charge in [-0.2, -0.15) is 42.0 Å². The van der Waals surface area contributed by atoms with E-state index in [0.717, 1.165) is 17.7 Å². The van der Waals surface area contributed by atoms with Crippen molar-refractivity contribution in [2.24, 2.45) is 7.05 Å². The van der Waals surface area contributed by atoms with Gasteiger partial charge in [0.2, 0.25) is 0 Å². The van der Waals surface area contributed by atoms with Crippen molar-refractivity contribution in [2.75, 3.05) is 24.6 Å². The van der Waals surface area contributed by atoms with Crippen LogP contribution in [-0.4, -0.2) is 35.7 Å². The standard InChI is InChI=1S/C24H25N3Si.B.Y/c1-18-8-9-20(19-6-4-3-5-7-19)14-21(18)23-15-22-24(16-27(23)2)28(13-11-26-22)12-10-25-17-28;;/h3-6,8-9,15-16,25H,10-13,17H2,1-2H3;;/q-2;;/p+1. The van der Waals surface area contributed by atoms with Crippen LogP contribution in [0, 0.1) is 19.1 Å². The third kappa shape index (κ3) is 4.10. The minimum absolute atomic E-state index is 0. The second-order valence-corrected chi connectivity index (χ2v) is 12.6. The fourth-order valence-corrected chi connectivity index (χ4v) is 9.22. The number of aromatic nitrogens is 1. The molecule has 3 heterocycles. The number of benzene rings is 2. The van der Waals surface area contributed by atoms with E-state index in [0.29, 0.717) is 0 Å². The van der Waals surface area contributed by atoms with Gasteiger partial charge in [0.25, 0.3) is 0 Å². The Morgan fingerprint density at radius 3 is 2.63 bits per heavy atom. The summed E-state index contributed by atoms with van der Waals surface area (Å²) in [5.41, 5.74) is 7.18. The number of nitrogens with one attached hydrogen (secondary N) is 2. The van der Waals surface area contributed by atoms with Crippen molar-refractivity contribution in [2.45, 2.75) is 19.0 Å². The van der Waals surface area contributed by atoms with E-state index in [9.17, 15) is 0 Å². The molecular formula is C24H26BN3SiY-. The molecule has 6 heteroatoms. The fourth-order valence-electron chi connectivity index (χ4n) is 4.78. The maximum absolute atomic E-state index is 3.69. The second-order valence-electron chi connectivity index (χ2n) is 8.19. The van der Waals surface area contributed by atoms with Crippen molar-refractivity contribution in [1.82, 2.24) is 5.32 Å². The molecule has 1 atom stereocenters. The molecule has 30 heavy (non-hydrogen) atoms. The van der Waals surface area contributed by atoms with Gasteiger partial charge < -0.3 is 10.6 Å². The van der Waals surface area contributed by atoms with E-state index in [1.807, 2.05) is 12.1 Å². The Balaban J connectivity index is 0.00000128. The molecule has 1 spiro atoms. The normalized spacial score (nSPS) is 19.4. The van der Waals surface area contributed by atoms with E-state index in [1.54, 1.807) is 5.19 Å². The van der Waals surface area contributed by atoms with Gasteiger partial charge in [-0.05, 0) is 30.9 Å². The predicted molar refractivity (Wildman–Crippen MR) is 123 cm³/mol. The molecule has 1 saturated heterocycles. The first-order valence-corrected chi connectivity index (χ1v) is 12.8. The minimum Gasteiger partial charge on any atom is -0.386 e. The van der Waals surface area contributed by atoms with E-state index < -0.39 is 8.07 Å². The predicted octanol–water partition coefficient (Wildman–Crippen LogP) is 2.59. The Morgan fingerprint density at radius 2 is 1.90 bits per heavy atom. The summed E-state index contributed by atoms with van der Waals surface area (Å²) in [6.45, 7) is 4.46. The molecule has 0 bridgehead atoms. The van der Waals surface area contributed by atoms with Gasteiger partial charge in [-0.1, -0.05) is 12.5 Å². The molecule has 2 N–H and O–H groups in total. The van der Waals surface area contributed by atoms with Crippen LogP contribution in [0.15, 0.2) is 48.7 Å². The monoisotopic (exact) mass is 484 g/mol. The van der Waals surface area contributed by atoms with Crippen LogP contribution in [0.2, 0.25) is 12.1 Å². The molecule has 2 aromatic carbocycles. The van der Waals surface area contributed by atoms with E-state index in [-0.39, 0.29) is 41.1 Å². The minimum atomic E-state index is -1.38. The van der Waals surface area contributed by atoms with Gasteiger partial charge >= 0.3 is 0 Å². The molecule has 2 aliphatic rings. The SMILES string of the molecule is Cc1ccc(-c2[c-]cccc2)[c-]c1-c1cc2c(c[n+]1C)[Si]1(CCNC1)CCN2.[B].[Y]. The van der Waals surface area contributed by atoms with Crippen LogP contribution in [0.25, 0.3) is 22.4 Å². The number of anilines is 1. The first kappa shape index (κ1) is 23.4. The fraction of sp³-hybridized carbons (Fsp3) is 0.292. The van der Waals surface area contributed by atoms with Crippen molar-refractivity contribution < 1.29 is 37.3 Å². The average molecular weight is 484 g/mol. The van der Waals surface area contributed by atoms with Crippen LogP contribution in [0.1, 0.15) is 5.56 Å². The van der Waals surface area contributed by atoms with Gasteiger partial charge in [0, 0.05) is 58.5 Å². The maximum atomic E-state index is 3.69. The molecule has 3 nitrogen and oxygen atoms in total. The first-order chi connectivity index (χ1) is 13.7. The second kappa shape index (κ2) is 9.48. The Kier molecular flexibility index (Phi) is 7.39. The largest absolute Gasteiger partial charge is 0.386 e. The van der Waals surface area contributed by atoms with Crippen molar-refractivity contribution in [1.29, 1.82) is 0 Å². The summed E-state index contributed by atoms with van der Waals surface area (Å²) in [6, 6.07) is 24.5. The summed E-state index contributed by atoms with van der Waals surface area (Å²) < 4.78 is 2.32. The quantitative estimate of drug-likeness (QED) is 0.333. The third-order valence-electron chi connectivity index (χ3n) is 6.42. The topological polar surface area (TPSA) is 27.9 Å². The van der Waals surface area contributed by atoms with Crippen LogP contribution in [0.5, 0.6) is 0 Å². The number of hydrogen-bond acceptors (Lipinski definition) is 2. The van der Waals surface area contributed by atoms with Gasteiger partial charge in [-0.3, -0.25) is 0 Å². The Labute approximate surface area is 208 Å². The molecule has 5 rings (SSSR count). The van der Waals surface area contributed by atoms with Crippen molar-refractivity contribution in [3.8, 4) is 22.4 Å². The Hall–Kier alpha value is -1.26. The molecule has 1 unspecified atom stereocenters. The molecular weight excluding hydrogens is 458 g/mol. The van der Waals surface area contributed by atoms with E-state index in [1.165, 1.54) is 47.3 Å². The summed E-state index contributed by atoms with van der Waals surface area (Å²) in [5.74, 6) is 0. The summed E-state index contributed by atoms with van der Waals surface area (Å²) in [4.78, 5) is 0. The summed E-state index contributed by atoms with van der Waals surface area (Å²) >= 11 is 0. The van der Waals surface area contributed by atoms with Crippen LogP contribution < -0.4 is 20.4 Å². The van der Waals surface area contributed by atoms with Crippen molar-refractivity contribution in [3.63, 3.8) is 0 Å². The molecule has 4 radical (unpaired) electrons. The van der Waals surface area contributed by atoms with Crippen LogP contribution in [0.3, 0.4) is 0 Å². The summed E-state index contributed by atoms with van der Waals surface area (Å²) in [6.07, 6.45) is 3.64. The van der Waals surface area contributed by atoms with Crippen molar-refractivity contribution >= 4 is 27.4 Å². The van der Waals surface area contributed by atoms with Crippen LogP contribution in [0.4, 0.5) is 5.69 Å². The van der Waals surface area contributed by atoms with E-state index in [4.69, 9.17) is 0 Å². The molecule has 1 fully saturated rings. The van der Waals surface area contributed by atoms with Gasteiger partial charge in [0.1, 0.15) is 20.8 Å². The molecule has 2 aliphatic heterocycles. The summed E-state index contributed by atoms with van der Waals surface area (Å²) in [5, 5.41) is 8.93. The summed E-state index contributed by atoms with van der Waals surface area (Å²) in [7, 11) is 0.802. The Morgan fingerprint density at radius 1 is 1.07 bits per heavy atom. The van der Waals surface area contributed by atoms with Crippen LogP contribution in [-0.2, 0) is 39.8 Å². The number of fused-ring (bicyclic) bond motifs is 2. The van der Waals surface area contributed by atoms with E-state index in [2.05, 4.69) is 77.8 Å². The van der Waals surface area contributed by atoms with Crippen LogP contribution >= 0.6 is 0 Å². The Bertz CT molecular complexity index is 1040. The smallest absolute Gasteiger partial charge is 0.163 e. The van der Waals surface area contributed by atoms with Gasteiger partial charge in [-0.25, -0.2) is 10.1 Å². The van der Waals surface area contributed by atoms with Crippen molar-refractivity contribution in [3.05, 3.63) is 66.4 Å². The molecule has 1 aromatic heterocycles. The number of nitrogens with zero attached hydrogens (tertiary/aromatic N) is 1. The number of rotatable bonds is 2. The number of hydrogen-bond donors (Lipinski definition) is 2.